The van der Waals surface area contributed by atoms with Crippen LogP contribution in [0.5, 0.6) is 0 Å². The summed E-state index contributed by atoms with van der Waals surface area (Å²) >= 11 is 0. The maximum atomic E-state index is 14.2. The number of nitrogens with zero attached hydrogens (tertiary/aromatic N) is 7. The van der Waals surface area contributed by atoms with Crippen LogP contribution in [-0.2, 0) is 16.6 Å². The average Bonchev–Trinajstić information content (AvgIpc) is 3.63. The van der Waals surface area contributed by atoms with E-state index in [2.05, 4.69) is 20.2 Å². The Balaban J connectivity index is 1.27. The quantitative estimate of drug-likeness (QED) is 0.255. The van der Waals surface area contributed by atoms with E-state index in [4.69, 9.17) is 4.42 Å². The Labute approximate surface area is 233 Å². The van der Waals surface area contributed by atoms with E-state index in [9.17, 15) is 21.6 Å². The first kappa shape index (κ1) is 26.7. The Hall–Kier alpha value is -4.46. The van der Waals surface area contributed by atoms with Gasteiger partial charge in [0.1, 0.15) is 17.3 Å². The molecule has 5 heterocycles. The highest BCUT2D eigenvalue weighted by Gasteiger charge is 2.36. The lowest BCUT2D eigenvalue weighted by molar-refractivity contribution is 0.116. The Morgan fingerprint density at radius 3 is 2.59 bits per heavy atom. The van der Waals surface area contributed by atoms with Gasteiger partial charge in [0.25, 0.3) is 5.89 Å². The second kappa shape index (κ2) is 10.8. The molecule has 41 heavy (non-hydrogen) atoms. The molecule has 0 saturated carbocycles. The van der Waals surface area contributed by atoms with Crippen LogP contribution in [0.4, 0.5) is 24.7 Å². The van der Waals surface area contributed by atoms with Crippen LogP contribution in [0.25, 0.3) is 17.1 Å². The van der Waals surface area contributed by atoms with Gasteiger partial charge in [0.15, 0.2) is 0 Å². The van der Waals surface area contributed by atoms with E-state index >= 15 is 0 Å². The first-order chi connectivity index (χ1) is 19.8. The molecule has 0 amide bonds. The summed E-state index contributed by atoms with van der Waals surface area (Å²) in [5, 5.41) is 6.32. The summed E-state index contributed by atoms with van der Waals surface area (Å²) in [5.74, 6) is -0.644. The summed E-state index contributed by atoms with van der Waals surface area (Å²) in [6.45, 7) is 0.884. The topological polar surface area (TPSA) is 110 Å². The predicted octanol–water partition coefficient (Wildman–Crippen LogP) is 4.86. The number of fused-ring (bicyclic) bond motifs is 1. The third kappa shape index (κ3) is 5.46. The number of imidazole rings is 1. The molecule has 10 nitrogen and oxygen atoms in total. The first-order valence-electron chi connectivity index (χ1n) is 12.8. The van der Waals surface area contributed by atoms with Crippen LogP contribution >= 0.6 is 0 Å². The molecule has 0 spiro atoms. The molecule has 0 N–H and O–H groups in total. The number of halogens is 3. The lowest BCUT2D eigenvalue weighted by Crippen LogP contribution is -2.45. The normalized spacial score (nSPS) is 14.7. The van der Waals surface area contributed by atoms with E-state index in [1.807, 2.05) is 23.1 Å². The minimum Gasteiger partial charge on any atom is -0.415 e. The van der Waals surface area contributed by atoms with E-state index in [-0.39, 0.29) is 18.1 Å². The average molecular weight is 584 g/mol. The molecule has 0 unspecified atom stereocenters. The fraction of sp³-hybridized carbons (Fsp3) is 0.259. The molecular weight excluding hydrogens is 559 g/mol. The van der Waals surface area contributed by atoms with Crippen molar-refractivity contribution in [2.24, 2.45) is 0 Å². The predicted molar refractivity (Wildman–Crippen MR) is 144 cm³/mol. The molecule has 1 aromatic carbocycles. The van der Waals surface area contributed by atoms with Crippen molar-refractivity contribution in [3.8, 4) is 11.5 Å². The minimum absolute atomic E-state index is 0.0895. The highest BCUT2D eigenvalue weighted by atomic mass is 32.2. The van der Waals surface area contributed by atoms with Gasteiger partial charge in [0, 0.05) is 37.2 Å². The van der Waals surface area contributed by atoms with Crippen molar-refractivity contribution in [1.82, 2.24) is 24.6 Å². The number of rotatable bonds is 8. The Bertz CT molecular complexity index is 1770. The van der Waals surface area contributed by atoms with Crippen LogP contribution in [0.1, 0.15) is 30.9 Å². The molecule has 5 aromatic rings. The van der Waals surface area contributed by atoms with E-state index in [1.165, 1.54) is 22.5 Å². The van der Waals surface area contributed by atoms with Crippen molar-refractivity contribution in [3.63, 3.8) is 0 Å². The van der Waals surface area contributed by atoms with Crippen molar-refractivity contribution in [1.29, 1.82) is 0 Å². The largest absolute Gasteiger partial charge is 0.415 e. The lowest BCUT2D eigenvalue weighted by Gasteiger charge is -2.35. The highest BCUT2D eigenvalue weighted by Crippen LogP contribution is 2.30. The molecular formula is C27H24F3N7O3S. The zero-order chi connectivity index (χ0) is 28.6. The third-order valence-corrected chi connectivity index (χ3v) is 9.20. The van der Waals surface area contributed by atoms with E-state index in [0.29, 0.717) is 42.8 Å². The zero-order valence-corrected chi connectivity index (χ0v) is 22.3. The van der Waals surface area contributed by atoms with Gasteiger partial charge >= 0.3 is 6.43 Å². The molecule has 1 fully saturated rings. The number of anilines is 2. The SMILES string of the molecule is O=S(=O)(C1CCN(c2ccccn2)CC1)N(Cc1cn2ccc(-c3nnc(C(F)F)o3)cc2n1)c1cccc(F)c1. The second-order valence-electron chi connectivity index (χ2n) is 9.57. The number of pyridine rings is 2. The Morgan fingerprint density at radius 1 is 1.05 bits per heavy atom. The maximum absolute atomic E-state index is 14.2. The number of piperidine rings is 1. The van der Waals surface area contributed by atoms with Gasteiger partial charge in [-0.25, -0.2) is 22.8 Å². The number of sulfonamides is 1. The molecule has 14 heteroatoms. The first-order valence-corrected chi connectivity index (χ1v) is 14.3. The summed E-state index contributed by atoms with van der Waals surface area (Å²) in [4.78, 5) is 11.0. The molecule has 1 saturated heterocycles. The van der Waals surface area contributed by atoms with Crippen LogP contribution < -0.4 is 9.21 Å². The van der Waals surface area contributed by atoms with Gasteiger partial charge < -0.3 is 13.7 Å². The van der Waals surface area contributed by atoms with Gasteiger partial charge in [0.05, 0.1) is 23.2 Å². The molecule has 0 atom stereocenters. The summed E-state index contributed by atoms with van der Waals surface area (Å²) in [7, 11) is -3.93. The Morgan fingerprint density at radius 2 is 1.88 bits per heavy atom. The summed E-state index contributed by atoms with van der Waals surface area (Å²) < 4.78 is 75.9. The number of hydrogen-bond donors (Lipinski definition) is 0. The minimum atomic E-state index is -3.93. The van der Waals surface area contributed by atoms with E-state index in [0.717, 1.165) is 5.82 Å². The smallest absolute Gasteiger partial charge is 0.314 e. The fourth-order valence-corrected chi connectivity index (χ4v) is 6.78. The highest BCUT2D eigenvalue weighted by molar-refractivity contribution is 7.93. The molecule has 1 aliphatic rings. The van der Waals surface area contributed by atoms with Crippen LogP contribution in [0.2, 0.25) is 0 Å². The summed E-state index contributed by atoms with van der Waals surface area (Å²) in [6.07, 6.45) is 2.85. The van der Waals surface area contributed by atoms with Gasteiger partial charge in [0.2, 0.25) is 15.9 Å². The molecule has 0 bridgehead atoms. The number of aromatic nitrogens is 5. The van der Waals surface area contributed by atoms with Gasteiger partial charge in [-0.15, -0.1) is 10.2 Å². The van der Waals surface area contributed by atoms with Gasteiger partial charge in [-0.3, -0.25) is 4.31 Å². The van der Waals surface area contributed by atoms with E-state index < -0.39 is 33.4 Å². The van der Waals surface area contributed by atoms with Crippen molar-refractivity contribution >= 4 is 27.2 Å². The van der Waals surface area contributed by atoms with Crippen LogP contribution in [-0.4, -0.2) is 51.3 Å². The molecule has 0 radical (unpaired) electrons. The summed E-state index contributed by atoms with van der Waals surface area (Å²) in [6, 6.07) is 14.2. The van der Waals surface area contributed by atoms with Crippen LogP contribution in [0.3, 0.4) is 0 Å². The van der Waals surface area contributed by atoms with E-state index in [1.54, 1.807) is 41.2 Å². The third-order valence-electron chi connectivity index (χ3n) is 6.93. The molecule has 1 aliphatic heterocycles. The van der Waals surface area contributed by atoms with Gasteiger partial charge in [-0.1, -0.05) is 12.1 Å². The van der Waals surface area contributed by atoms with Crippen molar-refractivity contribution < 1.29 is 26.0 Å². The standard InChI is InChI=1S/C27H24F3N7O3S/c28-19-4-3-5-21(15-19)37(41(38,39)22-8-12-35(13-9-22)23-6-1-2-10-31-23)17-20-16-36-11-7-18(14-24(36)32-20)26-33-34-27(40-26)25(29)30/h1-7,10-11,14-16,22,25H,8-9,12-13,17H2. The van der Waals surface area contributed by atoms with Crippen molar-refractivity contribution in [2.75, 3.05) is 22.3 Å². The van der Waals surface area contributed by atoms with Gasteiger partial charge in [-0.05, 0) is 55.3 Å². The molecule has 6 rings (SSSR count). The van der Waals surface area contributed by atoms with Crippen molar-refractivity contribution in [2.45, 2.75) is 31.1 Å². The Kier molecular flexibility index (Phi) is 7.07. The maximum Gasteiger partial charge on any atom is 0.314 e. The zero-order valence-electron chi connectivity index (χ0n) is 21.5. The van der Waals surface area contributed by atoms with Crippen molar-refractivity contribution in [3.05, 3.63) is 90.6 Å². The van der Waals surface area contributed by atoms with Gasteiger partial charge in [-0.2, -0.15) is 8.78 Å². The molecule has 212 valence electrons. The molecule has 0 aliphatic carbocycles. The number of benzene rings is 1. The number of alkyl halides is 2. The lowest BCUT2D eigenvalue weighted by atomic mass is 10.1. The fourth-order valence-electron chi connectivity index (χ4n) is 4.89. The molecule has 4 aromatic heterocycles. The van der Waals surface area contributed by atoms with Crippen LogP contribution in [0.15, 0.2) is 77.6 Å². The monoisotopic (exact) mass is 583 g/mol. The van der Waals surface area contributed by atoms with Crippen LogP contribution in [0, 0.1) is 5.82 Å². The summed E-state index contributed by atoms with van der Waals surface area (Å²) in [5.41, 5.74) is 1.39. The second-order valence-corrected chi connectivity index (χ2v) is 11.7. The number of hydrogen-bond acceptors (Lipinski definition) is 8.